The highest BCUT2D eigenvalue weighted by Crippen LogP contribution is 2.27. The lowest BCUT2D eigenvalue weighted by Gasteiger charge is -2.05. The van der Waals surface area contributed by atoms with E-state index in [2.05, 4.69) is 47.8 Å². The van der Waals surface area contributed by atoms with Gasteiger partial charge in [-0.2, -0.15) is 0 Å². The van der Waals surface area contributed by atoms with Crippen molar-refractivity contribution >= 4 is 10.8 Å². The normalized spacial score (nSPS) is 15.3. The van der Waals surface area contributed by atoms with Crippen LogP contribution in [-0.4, -0.2) is 13.1 Å². The highest BCUT2D eigenvalue weighted by Gasteiger charge is 2.19. The van der Waals surface area contributed by atoms with Crippen molar-refractivity contribution in [3.8, 4) is 0 Å². The van der Waals surface area contributed by atoms with Crippen LogP contribution < -0.4 is 5.32 Å². The van der Waals surface area contributed by atoms with Crippen molar-refractivity contribution in [3.05, 3.63) is 48.0 Å². The van der Waals surface area contributed by atoms with Gasteiger partial charge in [-0.25, -0.2) is 0 Å². The van der Waals surface area contributed by atoms with Gasteiger partial charge in [0.1, 0.15) is 0 Å². The highest BCUT2D eigenvalue weighted by molar-refractivity contribution is 5.82. The molecule has 3 rings (SSSR count). The summed E-state index contributed by atoms with van der Waals surface area (Å²) in [6.07, 6.45) is 4.00. The zero-order valence-electron chi connectivity index (χ0n) is 10.2. The molecule has 1 nitrogen and oxygen atoms in total. The molecule has 0 atom stereocenters. The van der Waals surface area contributed by atoms with E-state index in [9.17, 15) is 0 Å². The molecule has 1 fully saturated rings. The molecule has 2 aromatic carbocycles. The summed E-state index contributed by atoms with van der Waals surface area (Å²) in [6.45, 7) is 2.32. The van der Waals surface area contributed by atoms with Crippen LogP contribution in [0.25, 0.3) is 10.8 Å². The summed E-state index contributed by atoms with van der Waals surface area (Å²) in [7, 11) is 0. The molecule has 0 aliphatic heterocycles. The van der Waals surface area contributed by atoms with Gasteiger partial charge >= 0.3 is 0 Å². The molecular weight excluding hydrogens is 206 g/mol. The zero-order valence-corrected chi connectivity index (χ0v) is 10.2. The maximum Gasteiger partial charge on any atom is -0.000823 e. The molecule has 0 heterocycles. The van der Waals surface area contributed by atoms with Crippen molar-refractivity contribution in [1.29, 1.82) is 0 Å². The van der Waals surface area contributed by atoms with E-state index in [0.717, 1.165) is 18.9 Å². The Morgan fingerprint density at radius 3 is 2.65 bits per heavy atom. The average Bonchev–Trinajstić information content (AvgIpc) is 3.18. The van der Waals surface area contributed by atoms with Crippen LogP contribution in [0.2, 0.25) is 0 Å². The van der Waals surface area contributed by atoms with E-state index in [1.807, 2.05) is 0 Å². The Hall–Kier alpha value is -1.34. The molecule has 0 spiro atoms. The minimum atomic E-state index is 0.978. The van der Waals surface area contributed by atoms with Gasteiger partial charge in [-0.15, -0.1) is 0 Å². The Balaban J connectivity index is 1.59. The van der Waals surface area contributed by atoms with E-state index < -0.39 is 0 Å². The molecule has 1 saturated carbocycles. The van der Waals surface area contributed by atoms with Crippen molar-refractivity contribution < 1.29 is 0 Å². The third-order valence-electron chi connectivity index (χ3n) is 3.53. The predicted octanol–water partition coefficient (Wildman–Crippen LogP) is 3.38. The van der Waals surface area contributed by atoms with Crippen molar-refractivity contribution in [3.63, 3.8) is 0 Å². The monoisotopic (exact) mass is 225 g/mol. The second kappa shape index (κ2) is 4.89. The molecule has 0 aromatic heterocycles. The molecule has 1 aliphatic rings. The number of nitrogens with one attached hydrogen (secondary N) is 1. The van der Waals surface area contributed by atoms with Crippen LogP contribution in [0.3, 0.4) is 0 Å². The quantitative estimate of drug-likeness (QED) is 0.769. The summed E-state index contributed by atoms with van der Waals surface area (Å²) in [6, 6.07) is 15.4. The van der Waals surface area contributed by atoms with Crippen LogP contribution in [0, 0.1) is 5.92 Å². The molecule has 1 aliphatic carbocycles. The van der Waals surface area contributed by atoms with Gasteiger partial charge in [0, 0.05) is 0 Å². The molecule has 1 N–H and O–H groups in total. The molecule has 1 heteroatoms. The third-order valence-corrected chi connectivity index (χ3v) is 3.53. The molecule has 0 amide bonds. The van der Waals surface area contributed by atoms with E-state index in [0.29, 0.717) is 0 Å². The van der Waals surface area contributed by atoms with Gasteiger partial charge in [-0.05, 0) is 54.6 Å². The number of benzene rings is 2. The Kier molecular flexibility index (Phi) is 3.10. The van der Waals surface area contributed by atoms with Crippen molar-refractivity contribution in [2.75, 3.05) is 13.1 Å². The first-order valence-corrected chi connectivity index (χ1v) is 6.60. The fraction of sp³-hybridized carbons (Fsp3) is 0.375. The third kappa shape index (κ3) is 2.86. The lowest BCUT2D eigenvalue weighted by atomic mass is 10.1. The topological polar surface area (TPSA) is 12.0 Å². The van der Waals surface area contributed by atoms with Gasteiger partial charge in [0.05, 0.1) is 0 Å². The lowest BCUT2D eigenvalue weighted by Crippen LogP contribution is -2.19. The maximum atomic E-state index is 3.54. The van der Waals surface area contributed by atoms with Gasteiger partial charge in [0.15, 0.2) is 0 Å². The minimum absolute atomic E-state index is 0.978. The van der Waals surface area contributed by atoms with Crippen LogP contribution in [0.4, 0.5) is 0 Å². The second-order valence-corrected chi connectivity index (χ2v) is 5.08. The summed E-state index contributed by atoms with van der Waals surface area (Å²) >= 11 is 0. The van der Waals surface area contributed by atoms with Crippen LogP contribution in [0.15, 0.2) is 42.5 Å². The van der Waals surface area contributed by atoms with Crippen LogP contribution in [0.1, 0.15) is 18.4 Å². The standard InChI is InChI=1S/C16H19N/c1-2-4-16-11-13(7-8-15(16)3-1)9-10-17-12-14-5-6-14/h1-4,7-8,11,14,17H,5-6,9-10,12H2. The van der Waals surface area contributed by atoms with Gasteiger partial charge in [0.2, 0.25) is 0 Å². The first-order valence-electron chi connectivity index (χ1n) is 6.60. The first kappa shape index (κ1) is 10.8. The van der Waals surface area contributed by atoms with Crippen LogP contribution in [0.5, 0.6) is 0 Å². The zero-order chi connectivity index (χ0) is 11.5. The Morgan fingerprint density at radius 2 is 1.82 bits per heavy atom. The number of fused-ring (bicyclic) bond motifs is 1. The molecular formula is C16H19N. The molecule has 0 unspecified atom stereocenters. The first-order chi connectivity index (χ1) is 8.42. The number of rotatable bonds is 5. The molecule has 0 bridgehead atoms. The van der Waals surface area contributed by atoms with Crippen molar-refractivity contribution in [2.45, 2.75) is 19.3 Å². The van der Waals surface area contributed by atoms with Gasteiger partial charge in [0.25, 0.3) is 0 Å². The largest absolute Gasteiger partial charge is 0.316 e. The summed E-state index contributed by atoms with van der Waals surface area (Å²) in [4.78, 5) is 0. The Bertz CT molecular complexity index is 500. The van der Waals surface area contributed by atoms with E-state index in [1.165, 1.54) is 35.7 Å². The molecule has 0 saturated heterocycles. The molecule has 17 heavy (non-hydrogen) atoms. The lowest BCUT2D eigenvalue weighted by molar-refractivity contribution is 0.637. The SMILES string of the molecule is c1ccc2cc(CCNCC3CC3)ccc2c1. The molecule has 0 radical (unpaired) electrons. The highest BCUT2D eigenvalue weighted by atomic mass is 14.9. The van der Waals surface area contributed by atoms with Gasteiger partial charge in [-0.1, -0.05) is 42.5 Å². The fourth-order valence-corrected chi connectivity index (χ4v) is 2.26. The van der Waals surface area contributed by atoms with E-state index >= 15 is 0 Å². The molecule has 2 aromatic rings. The van der Waals surface area contributed by atoms with Crippen LogP contribution in [-0.2, 0) is 6.42 Å². The summed E-state index contributed by atoms with van der Waals surface area (Å²) < 4.78 is 0. The summed E-state index contributed by atoms with van der Waals surface area (Å²) in [5, 5.41) is 6.23. The van der Waals surface area contributed by atoms with Crippen LogP contribution >= 0.6 is 0 Å². The fourth-order valence-electron chi connectivity index (χ4n) is 2.26. The molecule has 88 valence electrons. The summed E-state index contributed by atoms with van der Waals surface area (Å²) in [5.74, 6) is 0.978. The summed E-state index contributed by atoms with van der Waals surface area (Å²) in [5.41, 5.74) is 1.44. The van der Waals surface area contributed by atoms with E-state index in [4.69, 9.17) is 0 Å². The van der Waals surface area contributed by atoms with E-state index in [-0.39, 0.29) is 0 Å². The van der Waals surface area contributed by atoms with Crippen molar-refractivity contribution in [2.24, 2.45) is 5.92 Å². The number of hydrogen-bond acceptors (Lipinski definition) is 1. The number of hydrogen-bond donors (Lipinski definition) is 1. The van der Waals surface area contributed by atoms with Gasteiger partial charge < -0.3 is 5.32 Å². The van der Waals surface area contributed by atoms with Gasteiger partial charge in [-0.3, -0.25) is 0 Å². The average molecular weight is 225 g/mol. The van der Waals surface area contributed by atoms with E-state index in [1.54, 1.807) is 0 Å². The predicted molar refractivity (Wildman–Crippen MR) is 73.2 cm³/mol. The van der Waals surface area contributed by atoms with Crippen molar-refractivity contribution in [1.82, 2.24) is 5.32 Å². The maximum absolute atomic E-state index is 3.54. The Labute approximate surface area is 103 Å². The smallest absolute Gasteiger partial charge is 0.000823 e. The second-order valence-electron chi connectivity index (χ2n) is 5.08. The minimum Gasteiger partial charge on any atom is -0.316 e. The Morgan fingerprint density at radius 1 is 1.00 bits per heavy atom.